The Kier molecular flexibility index (Phi) is 3.63. The summed E-state index contributed by atoms with van der Waals surface area (Å²) < 4.78 is 27.5. The third-order valence-electron chi connectivity index (χ3n) is 3.47. The van der Waals surface area contributed by atoms with Gasteiger partial charge >= 0.3 is 0 Å². The van der Waals surface area contributed by atoms with Gasteiger partial charge < -0.3 is 5.11 Å². The van der Waals surface area contributed by atoms with Crippen molar-refractivity contribution >= 4 is 21.4 Å². The summed E-state index contributed by atoms with van der Waals surface area (Å²) in [5.41, 5.74) is 1.34. The highest BCUT2D eigenvalue weighted by molar-refractivity contribution is 7.89. The number of hydrogen-bond acceptors (Lipinski definition) is 5. The fourth-order valence-electron chi connectivity index (χ4n) is 2.50. The number of sulfonamides is 1. The van der Waals surface area contributed by atoms with Gasteiger partial charge in [0.2, 0.25) is 0 Å². The summed E-state index contributed by atoms with van der Waals surface area (Å²) in [5, 5.41) is 17.2. The maximum absolute atomic E-state index is 12.4. The van der Waals surface area contributed by atoms with Gasteiger partial charge in [-0.05, 0) is 36.3 Å². The highest BCUT2D eigenvalue weighted by Gasteiger charge is 2.28. The number of aryl methyl sites for hydroxylation is 1. The predicted molar refractivity (Wildman–Crippen MR) is 74.8 cm³/mol. The van der Waals surface area contributed by atoms with Crippen LogP contribution in [0.3, 0.4) is 0 Å². The van der Waals surface area contributed by atoms with E-state index >= 15 is 0 Å². The predicted octanol–water partition coefficient (Wildman–Crippen LogP) is 1.32. The van der Waals surface area contributed by atoms with E-state index in [2.05, 4.69) is 14.9 Å². The van der Waals surface area contributed by atoms with Crippen molar-refractivity contribution in [1.82, 2.24) is 14.9 Å². The normalized spacial score (nSPS) is 18.9. The largest absolute Gasteiger partial charge is 0.392 e. The van der Waals surface area contributed by atoms with Gasteiger partial charge in [0.1, 0.15) is 0 Å². The summed E-state index contributed by atoms with van der Waals surface area (Å²) in [6.07, 6.45) is 4.09. The number of H-pyrrole nitrogens is 1. The van der Waals surface area contributed by atoms with E-state index in [0.717, 1.165) is 24.8 Å². The molecule has 1 atom stereocenters. The SMILES string of the molecule is O=S(=O)(NC1CCCc2sccc21)c1[nH]ncc1CO. The molecule has 3 rings (SSSR count). The minimum Gasteiger partial charge on any atom is -0.392 e. The maximum atomic E-state index is 12.4. The van der Waals surface area contributed by atoms with Crippen LogP contribution in [0.2, 0.25) is 0 Å². The van der Waals surface area contributed by atoms with Crippen LogP contribution in [0.5, 0.6) is 0 Å². The average Bonchev–Trinajstić information content (AvgIpc) is 3.07. The van der Waals surface area contributed by atoms with E-state index in [1.165, 1.54) is 11.1 Å². The van der Waals surface area contributed by atoms with Crippen LogP contribution in [0, 0.1) is 0 Å². The molecule has 0 spiro atoms. The van der Waals surface area contributed by atoms with Gasteiger partial charge in [-0.3, -0.25) is 5.10 Å². The fourth-order valence-corrected chi connectivity index (χ4v) is 4.86. The highest BCUT2D eigenvalue weighted by Crippen LogP contribution is 2.34. The summed E-state index contributed by atoms with van der Waals surface area (Å²) in [5.74, 6) is 0. The molecule has 2 aromatic heterocycles. The standard InChI is InChI=1S/C12H15N3O3S2/c16-7-8-6-13-14-12(8)20(17,18)15-10-2-1-3-11-9(10)4-5-19-11/h4-6,10,15-16H,1-3,7H2,(H,13,14). The topological polar surface area (TPSA) is 95.1 Å². The molecular formula is C12H15N3O3S2. The molecular weight excluding hydrogens is 298 g/mol. The summed E-state index contributed by atoms with van der Waals surface area (Å²) in [6.45, 7) is -0.360. The molecule has 0 amide bonds. The summed E-state index contributed by atoms with van der Waals surface area (Å²) in [4.78, 5) is 1.25. The number of rotatable bonds is 4. The van der Waals surface area contributed by atoms with Gasteiger partial charge in [0.05, 0.1) is 12.8 Å². The molecule has 1 unspecified atom stereocenters. The van der Waals surface area contributed by atoms with Crippen LogP contribution in [0.15, 0.2) is 22.7 Å². The molecule has 0 radical (unpaired) electrons. The van der Waals surface area contributed by atoms with Crippen molar-refractivity contribution in [3.05, 3.63) is 33.6 Å². The zero-order chi connectivity index (χ0) is 14.2. The molecule has 0 saturated heterocycles. The molecule has 0 aliphatic heterocycles. The Labute approximate surface area is 120 Å². The van der Waals surface area contributed by atoms with E-state index in [4.69, 9.17) is 5.11 Å². The monoisotopic (exact) mass is 313 g/mol. The highest BCUT2D eigenvalue weighted by atomic mass is 32.2. The number of thiophene rings is 1. The molecule has 0 fully saturated rings. The van der Waals surface area contributed by atoms with E-state index in [0.29, 0.717) is 0 Å². The first-order valence-electron chi connectivity index (χ1n) is 6.33. The van der Waals surface area contributed by atoms with Gasteiger partial charge in [-0.25, -0.2) is 13.1 Å². The molecule has 3 N–H and O–H groups in total. The number of aliphatic hydroxyl groups excluding tert-OH is 1. The van der Waals surface area contributed by atoms with Crippen molar-refractivity contribution in [2.24, 2.45) is 0 Å². The lowest BCUT2D eigenvalue weighted by atomic mass is 9.95. The average molecular weight is 313 g/mol. The fraction of sp³-hybridized carbons (Fsp3) is 0.417. The van der Waals surface area contributed by atoms with Gasteiger partial charge in [-0.15, -0.1) is 11.3 Å². The molecule has 20 heavy (non-hydrogen) atoms. The van der Waals surface area contributed by atoms with Crippen molar-refractivity contribution < 1.29 is 13.5 Å². The number of aromatic amines is 1. The lowest BCUT2D eigenvalue weighted by molar-refractivity contribution is 0.278. The zero-order valence-corrected chi connectivity index (χ0v) is 12.3. The smallest absolute Gasteiger partial charge is 0.258 e. The summed E-state index contributed by atoms with van der Waals surface area (Å²) >= 11 is 1.67. The van der Waals surface area contributed by atoms with Crippen LogP contribution in [-0.4, -0.2) is 23.7 Å². The number of hydrogen-bond donors (Lipinski definition) is 3. The molecule has 8 heteroatoms. The number of nitrogens with zero attached hydrogens (tertiary/aromatic N) is 1. The van der Waals surface area contributed by atoms with Crippen molar-refractivity contribution in [3.8, 4) is 0 Å². The van der Waals surface area contributed by atoms with Crippen LogP contribution in [0.4, 0.5) is 0 Å². The quantitative estimate of drug-likeness (QED) is 0.793. The molecule has 108 valence electrons. The minimum absolute atomic E-state index is 0.0534. The Morgan fingerprint density at radius 1 is 1.55 bits per heavy atom. The first-order valence-corrected chi connectivity index (χ1v) is 8.70. The first kappa shape index (κ1) is 13.7. The molecule has 1 aliphatic rings. The lowest BCUT2D eigenvalue weighted by Gasteiger charge is -2.23. The Hall–Kier alpha value is -1.22. The Balaban J connectivity index is 1.89. The zero-order valence-electron chi connectivity index (χ0n) is 10.7. The van der Waals surface area contributed by atoms with Crippen molar-refractivity contribution in [2.75, 3.05) is 0 Å². The van der Waals surface area contributed by atoms with Gasteiger partial charge in [-0.1, -0.05) is 0 Å². The van der Waals surface area contributed by atoms with Crippen LogP contribution in [-0.2, 0) is 23.1 Å². The number of aliphatic hydroxyl groups is 1. The number of nitrogens with one attached hydrogen (secondary N) is 2. The summed E-state index contributed by atoms with van der Waals surface area (Å²) in [6, 6.07) is 1.77. The van der Waals surface area contributed by atoms with Crippen LogP contribution in [0.25, 0.3) is 0 Å². The molecule has 0 aromatic carbocycles. The van der Waals surface area contributed by atoms with Gasteiger partial charge in [0.25, 0.3) is 10.0 Å². The Morgan fingerprint density at radius 3 is 3.20 bits per heavy atom. The lowest BCUT2D eigenvalue weighted by Crippen LogP contribution is -2.31. The molecule has 0 bridgehead atoms. The van der Waals surface area contributed by atoms with E-state index in [1.54, 1.807) is 11.3 Å². The van der Waals surface area contributed by atoms with E-state index in [1.807, 2.05) is 11.4 Å². The first-order chi connectivity index (χ1) is 9.62. The van der Waals surface area contributed by atoms with Crippen molar-refractivity contribution in [1.29, 1.82) is 0 Å². The Morgan fingerprint density at radius 2 is 2.40 bits per heavy atom. The molecule has 1 aliphatic carbocycles. The summed E-state index contributed by atoms with van der Waals surface area (Å²) in [7, 11) is -3.70. The second-order valence-electron chi connectivity index (χ2n) is 4.75. The number of fused-ring (bicyclic) bond motifs is 1. The Bertz CT molecular complexity index is 705. The molecule has 2 heterocycles. The second-order valence-corrected chi connectivity index (χ2v) is 7.40. The third-order valence-corrected chi connectivity index (χ3v) is 5.95. The second kappa shape index (κ2) is 5.28. The van der Waals surface area contributed by atoms with E-state index in [-0.39, 0.29) is 23.2 Å². The number of aromatic nitrogens is 2. The van der Waals surface area contributed by atoms with Gasteiger partial charge in [0.15, 0.2) is 5.03 Å². The van der Waals surface area contributed by atoms with Crippen LogP contribution < -0.4 is 4.72 Å². The van der Waals surface area contributed by atoms with Crippen molar-refractivity contribution in [2.45, 2.75) is 36.9 Å². The molecule has 0 saturated carbocycles. The van der Waals surface area contributed by atoms with E-state index < -0.39 is 10.0 Å². The van der Waals surface area contributed by atoms with Crippen LogP contribution >= 0.6 is 11.3 Å². The van der Waals surface area contributed by atoms with Crippen molar-refractivity contribution in [3.63, 3.8) is 0 Å². The minimum atomic E-state index is -3.70. The molecule has 6 nitrogen and oxygen atoms in total. The van der Waals surface area contributed by atoms with Crippen LogP contribution in [0.1, 0.15) is 34.9 Å². The molecule has 2 aromatic rings. The third kappa shape index (κ3) is 2.39. The van der Waals surface area contributed by atoms with E-state index in [9.17, 15) is 8.42 Å². The van der Waals surface area contributed by atoms with Gasteiger partial charge in [0, 0.05) is 16.5 Å². The maximum Gasteiger partial charge on any atom is 0.258 e. The van der Waals surface area contributed by atoms with Gasteiger partial charge in [-0.2, -0.15) is 5.10 Å².